The standard InChI is InChI=1S/C10H8O3S.C7H7.Na/c11-14(12,13)10-7-3-5-8-4-1-2-6-9(8)10;1-7-5-3-2-4-6-7;/h1-7H,(H,11,12,13);2-6H,1H2;. The van der Waals surface area contributed by atoms with E-state index in [0.717, 1.165) is 5.39 Å². The average Bonchev–Trinajstić information content (AvgIpc) is 2.55. The third-order valence-corrected chi connectivity index (χ3v) is 5.01. The van der Waals surface area contributed by atoms with Crippen molar-refractivity contribution in [2.45, 2.75) is 8.57 Å². The number of benzene rings is 3. The van der Waals surface area contributed by atoms with E-state index in [1.165, 1.54) is 43.2 Å². The number of rotatable bonds is 2. The number of hydrogen-bond acceptors (Lipinski definition) is 2. The van der Waals surface area contributed by atoms with Crippen LogP contribution in [0.5, 0.6) is 0 Å². The van der Waals surface area contributed by atoms with Crippen LogP contribution in [0.15, 0.2) is 77.7 Å². The van der Waals surface area contributed by atoms with E-state index in [1.54, 1.807) is 30.3 Å². The molecular weight excluding hydrogens is 307 g/mol. The first-order chi connectivity index (χ1) is 10.5. The molecule has 0 saturated heterocycles. The molecule has 3 aromatic rings. The maximum absolute atomic E-state index is 11.0. The van der Waals surface area contributed by atoms with Gasteiger partial charge in [-0.2, -0.15) is 8.42 Å². The number of fused-ring (bicyclic) bond motifs is 1. The van der Waals surface area contributed by atoms with Crippen LogP contribution >= 0.6 is 0 Å². The topological polar surface area (TPSA) is 54.4 Å². The van der Waals surface area contributed by atoms with Crippen LogP contribution in [0.1, 0.15) is 5.56 Å². The van der Waals surface area contributed by atoms with Crippen LogP contribution in [0, 0.1) is 0 Å². The van der Waals surface area contributed by atoms with Crippen molar-refractivity contribution in [2.75, 3.05) is 0 Å². The predicted molar refractivity (Wildman–Crippen MR) is 89.7 cm³/mol. The fourth-order valence-electron chi connectivity index (χ4n) is 2.13. The van der Waals surface area contributed by atoms with Crippen molar-refractivity contribution in [1.82, 2.24) is 0 Å². The normalized spacial score (nSPS) is 10.9. The van der Waals surface area contributed by atoms with Gasteiger partial charge in [0.2, 0.25) is 0 Å². The molecule has 0 heterocycles. The van der Waals surface area contributed by atoms with Gasteiger partial charge in [0.25, 0.3) is 10.1 Å². The fourth-order valence-corrected chi connectivity index (χ4v) is 3.32. The van der Waals surface area contributed by atoms with Crippen LogP contribution in [-0.2, 0) is 13.8 Å². The second kappa shape index (κ2) is 7.90. The molecule has 0 amide bonds. The minimum atomic E-state index is -4.13. The van der Waals surface area contributed by atoms with Crippen molar-refractivity contribution >= 4 is 48.8 Å². The van der Waals surface area contributed by atoms with Gasteiger partial charge in [-0.05, 0) is 11.5 Å². The maximum atomic E-state index is 11.0. The molecule has 1 N–H and O–H groups in total. The van der Waals surface area contributed by atoms with Crippen LogP contribution in [0.25, 0.3) is 10.8 Å². The molecule has 0 bridgehead atoms. The molecule has 0 spiro atoms. The molecule has 3 nitrogen and oxygen atoms in total. The molecule has 3 aromatic carbocycles. The molecule has 0 fully saturated rings. The second-order valence-corrected chi connectivity index (χ2v) is 6.89. The Kier molecular flexibility index (Phi) is 6.17. The summed E-state index contributed by atoms with van der Waals surface area (Å²) in [6.07, 6.45) is 0. The Morgan fingerprint density at radius 1 is 0.818 bits per heavy atom. The Labute approximate surface area is 148 Å². The molecule has 0 unspecified atom stereocenters. The van der Waals surface area contributed by atoms with Gasteiger partial charge in [0.15, 0.2) is 0 Å². The van der Waals surface area contributed by atoms with E-state index in [9.17, 15) is 8.42 Å². The predicted octanol–water partition coefficient (Wildman–Crippen LogP) is 3.44. The summed E-state index contributed by atoms with van der Waals surface area (Å²) in [5, 5.41) is 1.33. The van der Waals surface area contributed by atoms with E-state index < -0.39 is 10.1 Å². The molecule has 22 heavy (non-hydrogen) atoms. The van der Waals surface area contributed by atoms with Crippen LogP contribution in [0.3, 0.4) is 0 Å². The molecule has 0 radical (unpaired) electrons. The van der Waals surface area contributed by atoms with Crippen LogP contribution < -0.4 is 0 Å². The van der Waals surface area contributed by atoms with E-state index in [4.69, 9.17) is 4.55 Å². The molecular formula is C17H15NaO3S. The van der Waals surface area contributed by atoms with Gasteiger partial charge < -0.3 is 0 Å². The zero-order valence-corrected chi connectivity index (χ0v) is 15.1. The molecule has 0 atom stereocenters. The van der Waals surface area contributed by atoms with Crippen molar-refractivity contribution < 1.29 is 13.0 Å². The summed E-state index contributed by atoms with van der Waals surface area (Å²) in [5.41, 5.74) is 1.47. The van der Waals surface area contributed by atoms with Crippen molar-refractivity contribution in [2.24, 2.45) is 0 Å². The summed E-state index contributed by atoms with van der Waals surface area (Å²) in [4.78, 5) is -0.0457. The van der Waals surface area contributed by atoms with Crippen molar-refractivity contribution in [1.29, 1.82) is 0 Å². The Morgan fingerprint density at radius 2 is 1.41 bits per heavy atom. The van der Waals surface area contributed by atoms with Crippen LogP contribution in [0.4, 0.5) is 0 Å². The van der Waals surface area contributed by atoms with Gasteiger partial charge in [-0.15, -0.1) is 0 Å². The van der Waals surface area contributed by atoms with Gasteiger partial charge in [0.1, 0.15) is 4.90 Å². The molecule has 0 aliphatic heterocycles. The van der Waals surface area contributed by atoms with Gasteiger partial charge in [-0.1, -0.05) is 36.4 Å². The summed E-state index contributed by atoms with van der Waals surface area (Å²) in [6, 6.07) is 22.4. The van der Waals surface area contributed by atoms with E-state index >= 15 is 0 Å². The molecule has 5 heteroatoms. The van der Waals surface area contributed by atoms with E-state index in [2.05, 4.69) is 30.3 Å². The molecule has 0 saturated carbocycles. The SMILES string of the molecule is O=S(=O)(O)c1cccc2ccccc12.[Na][CH2]c1ccccc1. The second-order valence-electron chi connectivity index (χ2n) is 4.79. The Morgan fingerprint density at radius 3 is 2.00 bits per heavy atom. The van der Waals surface area contributed by atoms with Gasteiger partial charge in [-0.25, -0.2) is 0 Å². The quantitative estimate of drug-likeness (QED) is 0.581. The first-order valence-electron chi connectivity index (χ1n) is 7.01. The number of hydrogen-bond donors (Lipinski definition) is 1. The molecule has 108 valence electrons. The first-order valence-corrected chi connectivity index (χ1v) is 9.87. The molecule has 3 rings (SSSR count). The third kappa shape index (κ3) is 4.66. The Balaban J connectivity index is 0.000000188. The van der Waals surface area contributed by atoms with Gasteiger partial charge in [-0.3, -0.25) is 4.55 Å². The average molecular weight is 322 g/mol. The van der Waals surface area contributed by atoms with Crippen molar-refractivity contribution in [3.8, 4) is 0 Å². The fraction of sp³-hybridized carbons (Fsp3) is 0.0588. The van der Waals surface area contributed by atoms with Crippen LogP contribution in [-0.4, -0.2) is 40.9 Å². The summed E-state index contributed by atoms with van der Waals surface area (Å²) >= 11 is 1.28. The van der Waals surface area contributed by atoms with E-state index in [0.29, 0.717) is 5.39 Å². The summed E-state index contributed by atoms with van der Waals surface area (Å²) in [6.45, 7) is 0. The molecule has 0 aromatic heterocycles. The Hall–Kier alpha value is -1.17. The summed E-state index contributed by atoms with van der Waals surface area (Å²) < 4.78 is 32.2. The summed E-state index contributed by atoms with van der Waals surface area (Å²) in [5.74, 6) is 0. The minimum absolute atomic E-state index is 0.0457. The molecule has 0 aliphatic rings. The van der Waals surface area contributed by atoms with E-state index in [-0.39, 0.29) is 4.90 Å². The zero-order chi connectivity index (χ0) is 16.0. The summed E-state index contributed by atoms with van der Waals surface area (Å²) in [7, 11) is -4.13. The van der Waals surface area contributed by atoms with Gasteiger partial charge in [0, 0.05) is 5.39 Å². The van der Waals surface area contributed by atoms with Crippen molar-refractivity contribution in [3.63, 3.8) is 0 Å². The van der Waals surface area contributed by atoms with Gasteiger partial charge >= 0.3 is 67.5 Å². The van der Waals surface area contributed by atoms with Gasteiger partial charge in [0.05, 0.1) is 0 Å². The first kappa shape index (κ1) is 17.2. The van der Waals surface area contributed by atoms with Crippen molar-refractivity contribution in [3.05, 3.63) is 78.4 Å². The molecule has 0 aliphatic carbocycles. The third-order valence-electron chi connectivity index (χ3n) is 3.28. The zero-order valence-electron chi connectivity index (χ0n) is 12.3. The monoisotopic (exact) mass is 322 g/mol. The Bertz CT molecular complexity index is 841. The van der Waals surface area contributed by atoms with Crippen LogP contribution in [0.2, 0.25) is 0 Å². The van der Waals surface area contributed by atoms with E-state index in [1.807, 2.05) is 6.07 Å².